The van der Waals surface area contributed by atoms with Gasteiger partial charge in [-0.15, -0.1) is 11.3 Å². The van der Waals surface area contributed by atoms with Crippen LogP contribution in [0.1, 0.15) is 0 Å². The van der Waals surface area contributed by atoms with Gasteiger partial charge < -0.3 is 13.9 Å². The predicted octanol–water partition coefficient (Wildman–Crippen LogP) is 18.7. The van der Waals surface area contributed by atoms with Crippen molar-refractivity contribution >= 4 is 103 Å². The number of furan rings is 1. The van der Waals surface area contributed by atoms with E-state index in [0.29, 0.717) is 0 Å². The summed E-state index contributed by atoms with van der Waals surface area (Å²) in [6.45, 7) is 0. The molecule has 0 fully saturated rings. The first-order valence-corrected chi connectivity index (χ1v) is 24.0. The summed E-state index contributed by atoms with van der Waals surface area (Å²) < 4.78 is 12.0. The number of para-hydroxylation sites is 3. The lowest BCUT2D eigenvalue weighted by molar-refractivity contribution is 0.670. The molecule has 318 valence electrons. The van der Waals surface area contributed by atoms with E-state index in [-0.39, 0.29) is 0 Å². The van der Waals surface area contributed by atoms with Crippen LogP contribution in [0.3, 0.4) is 0 Å². The van der Waals surface area contributed by atoms with Crippen LogP contribution >= 0.6 is 11.3 Å². The largest absolute Gasteiger partial charge is 0.455 e. The molecule has 0 unspecified atom stereocenters. The molecule has 4 heteroatoms. The highest BCUT2D eigenvalue weighted by Crippen LogP contribution is 2.48. The van der Waals surface area contributed by atoms with E-state index in [0.717, 1.165) is 66.9 Å². The van der Waals surface area contributed by atoms with E-state index in [9.17, 15) is 0 Å². The maximum Gasteiger partial charge on any atom is 0.145 e. The summed E-state index contributed by atoms with van der Waals surface area (Å²) in [5, 5.41) is 9.70. The van der Waals surface area contributed by atoms with Crippen molar-refractivity contribution < 1.29 is 4.42 Å². The molecule has 0 saturated carbocycles. The molecule has 14 rings (SSSR count). The number of benzene rings is 11. The van der Waals surface area contributed by atoms with Crippen LogP contribution in [0.2, 0.25) is 0 Å². The minimum Gasteiger partial charge on any atom is -0.455 e. The monoisotopic (exact) mass is 884 g/mol. The van der Waals surface area contributed by atoms with E-state index in [1.165, 1.54) is 63.9 Å². The number of hydrogen-bond acceptors (Lipinski definition) is 3. The minimum absolute atomic E-state index is 0.856. The summed E-state index contributed by atoms with van der Waals surface area (Å²) >= 11 is 1.85. The van der Waals surface area contributed by atoms with Crippen molar-refractivity contribution in [2.24, 2.45) is 0 Å². The van der Waals surface area contributed by atoms with E-state index in [2.05, 4.69) is 252 Å². The number of hydrogen-bond donors (Lipinski definition) is 0. The van der Waals surface area contributed by atoms with Crippen molar-refractivity contribution in [2.45, 2.75) is 0 Å². The van der Waals surface area contributed by atoms with Gasteiger partial charge in [-0.2, -0.15) is 0 Å². The van der Waals surface area contributed by atoms with Gasteiger partial charge in [0.2, 0.25) is 0 Å². The lowest BCUT2D eigenvalue weighted by Crippen LogP contribution is -2.11. The third-order valence-electron chi connectivity index (χ3n) is 13.8. The van der Waals surface area contributed by atoms with Crippen LogP contribution in [0.15, 0.2) is 247 Å². The van der Waals surface area contributed by atoms with Gasteiger partial charge in [-0.1, -0.05) is 152 Å². The first-order chi connectivity index (χ1) is 33.7. The number of rotatable bonds is 7. The Bertz CT molecular complexity index is 4230. The zero-order valence-electron chi connectivity index (χ0n) is 36.8. The van der Waals surface area contributed by atoms with E-state index in [1.807, 2.05) is 11.3 Å². The van der Waals surface area contributed by atoms with Crippen LogP contribution in [0, 0.1) is 0 Å². The average molecular weight is 885 g/mol. The average Bonchev–Trinajstić information content (AvgIpc) is 4.08. The van der Waals surface area contributed by atoms with E-state index in [1.54, 1.807) is 0 Å². The van der Waals surface area contributed by atoms with Gasteiger partial charge in [0.25, 0.3) is 0 Å². The summed E-state index contributed by atoms with van der Waals surface area (Å²) in [5.74, 6) is 0. The first kappa shape index (κ1) is 38.6. The standard InChI is InChI=1S/C64H40N2OS/c1-2-14-43-37-46(28-27-41(43)13-1)44-15-11-17-49(38-44)65(50-18-12-16-45(39-50)47-31-36-62-56(40-47)54-22-6-10-26-61(54)68-62)59-35-34-55-53-21-5-9-25-60(53)67-64(55)63(59)42-29-32-48(33-30-42)66-57-23-7-3-19-51(57)52-20-4-8-24-58(52)66/h1-40H. The number of nitrogens with zero attached hydrogens (tertiary/aromatic N) is 2. The first-order valence-electron chi connectivity index (χ1n) is 23.1. The zero-order chi connectivity index (χ0) is 44.7. The topological polar surface area (TPSA) is 21.3 Å². The maximum atomic E-state index is 6.98. The predicted molar refractivity (Wildman–Crippen MR) is 289 cm³/mol. The Kier molecular flexibility index (Phi) is 8.76. The molecule has 3 aromatic heterocycles. The molecule has 0 N–H and O–H groups in total. The van der Waals surface area contributed by atoms with Gasteiger partial charge in [-0.05, 0) is 130 Å². The molecule has 0 bridgehead atoms. The molecule has 0 aliphatic carbocycles. The Labute approximate surface area is 396 Å². The third-order valence-corrected chi connectivity index (χ3v) is 14.9. The number of thiophene rings is 1. The molecule has 0 radical (unpaired) electrons. The second kappa shape index (κ2) is 15.5. The van der Waals surface area contributed by atoms with E-state index in [4.69, 9.17) is 4.42 Å². The van der Waals surface area contributed by atoms with Crippen molar-refractivity contribution in [1.82, 2.24) is 4.57 Å². The zero-order valence-corrected chi connectivity index (χ0v) is 37.6. The van der Waals surface area contributed by atoms with Crippen molar-refractivity contribution in [2.75, 3.05) is 4.90 Å². The molecule has 3 nitrogen and oxygen atoms in total. The summed E-state index contributed by atoms with van der Waals surface area (Å²) in [6.07, 6.45) is 0. The van der Waals surface area contributed by atoms with Gasteiger partial charge >= 0.3 is 0 Å². The van der Waals surface area contributed by atoms with Crippen molar-refractivity contribution in [3.63, 3.8) is 0 Å². The second-order valence-electron chi connectivity index (χ2n) is 17.7. The Hall–Kier alpha value is -8.70. The lowest BCUT2D eigenvalue weighted by Gasteiger charge is -2.29. The van der Waals surface area contributed by atoms with Crippen LogP contribution in [0.5, 0.6) is 0 Å². The summed E-state index contributed by atoms with van der Waals surface area (Å²) in [5.41, 5.74) is 15.1. The fraction of sp³-hybridized carbons (Fsp3) is 0. The lowest BCUT2D eigenvalue weighted by atomic mass is 9.96. The molecular weight excluding hydrogens is 845 g/mol. The van der Waals surface area contributed by atoms with Crippen LogP contribution in [0.25, 0.3) is 114 Å². The molecule has 14 aromatic rings. The highest BCUT2D eigenvalue weighted by molar-refractivity contribution is 7.25. The van der Waals surface area contributed by atoms with Crippen LogP contribution < -0.4 is 4.90 Å². The van der Waals surface area contributed by atoms with Gasteiger partial charge in [0.1, 0.15) is 11.2 Å². The molecular formula is C64H40N2OS. The molecule has 0 spiro atoms. The Balaban J connectivity index is 0.992. The molecule has 68 heavy (non-hydrogen) atoms. The molecule has 0 aliphatic rings. The minimum atomic E-state index is 0.856. The highest BCUT2D eigenvalue weighted by Gasteiger charge is 2.24. The van der Waals surface area contributed by atoms with Gasteiger partial charge in [0.15, 0.2) is 0 Å². The molecule has 0 aliphatic heterocycles. The number of aromatic nitrogens is 1. The van der Waals surface area contributed by atoms with Crippen molar-refractivity contribution in [3.05, 3.63) is 243 Å². The highest BCUT2D eigenvalue weighted by atomic mass is 32.1. The molecule has 3 heterocycles. The summed E-state index contributed by atoms with van der Waals surface area (Å²) in [6, 6.07) is 88.3. The SMILES string of the molecule is c1cc(-c2ccc3ccccc3c2)cc(N(c2cccc(-c3ccc4sc5ccccc5c4c3)c2)c2ccc3c(oc4ccccc43)c2-c2ccc(-n3c4ccccc4c4ccccc43)cc2)c1. The van der Waals surface area contributed by atoms with E-state index >= 15 is 0 Å². The third kappa shape index (κ3) is 6.19. The normalized spacial score (nSPS) is 11.8. The molecule has 11 aromatic carbocycles. The second-order valence-corrected chi connectivity index (χ2v) is 18.7. The Morgan fingerprint density at radius 2 is 0.926 bits per heavy atom. The Morgan fingerprint density at radius 1 is 0.353 bits per heavy atom. The summed E-state index contributed by atoms with van der Waals surface area (Å²) in [7, 11) is 0. The molecule has 0 atom stereocenters. The van der Waals surface area contributed by atoms with Crippen LogP contribution in [-0.2, 0) is 0 Å². The van der Waals surface area contributed by atoms with Crippen molar-refractivity contribution in [1.29, 1.82) is 0 Å². The van der Waals surface area contributed by atoms with Gasteiger partial charge in [0, 0.05) is 64.3 Å². The van der Waals surface area contributed by atoms with Crippen LogP contribution in [-0.4, -0.2) is 4.57 Å². The smallest absolute Gasteiger partial charge is 0.145 e. The maximum absolute atomic E-state index is 6.98. The van der Waals surface area contributed by atoms with E-state index < -0.39 is 0 Å². The fourth-order valence-electron chi connectivity index (χ4n) is 10.6. The summed E-state index contributed by atoms with van der Waals surface area (Å²) in [4.78, 5) is 2.43. The van der Waals surface area contributed by atoms with Gasteiger partial charge in [-0.3, -0.25) is 0 Å². The van der Waals surface area contributed by atoms with Crippen LogP contribution in [0.4, 0.5) is 17.1 Å². The Morgan fingerprint density at radius 3 is 1.68 bits per heavy atom. The van der Waals surface area contributed by atoms with Gasteiger partial charge in [0.05, 0.1) is 16.7 Å². The number of anilines is 3. The molecule has 0 saturated heterocycles. The molecule has 0 amide bonds. The number of fused-ring (bicyclic) bond motifs is 10. The quantitative estimate of drug-likeness (QED) is 0.159. The van der Waals surface area contributed by atoms with Crippen molar-refractivity contribution in [3.8, 4) is 39.1 Å². The van der Waals surface area contributed by atoms with Gasteiger partial charge in [-0.25, -0.2) is 0 Å². The fourth-order valence-corrected chi connectivity index (χ4v) is 11.7.